The molecule has 0 bridgehead atoms. The second kappa shape index (κ2) is 6.68. The van der Waals surface area contributed by atoms with Crippen molar-refractivity contribution >= 4 is 22.7 Å². The number of hydrogen-bond donors (Lipinski definition) is 1. The van der Waals surface area contributed by atoms with Crippen molar-refractivity contribution in [1.29, 1.82) is 0 Å². The summed E-state index contributed by atoms with van der Waals surface area (Å²) < 4.78 is 11.1. The van der Waals surface area contributed by atoms with Crippen molar-refractivity contribution in [1.82, 2.24) is 15.1 Å². The maximum atomic E-state index is 11.4. The smallest absolute Gasteiger partial charge is 0.258 e. The number of carbonyl (C=O) groups is 1. The molecule has 136 valence electrons. The number of amides is 1. The Kier molecular flexibility index (Phi) is 4.19. The van der Waals surface area contributed by atoms with Gasteiger partial charge in [0.05, 0.1) is 0 Å². The molecular weight excluding hydrogens is 344 g/mol. The van der Waals surface area contributed by atoms with Gasteiger partial charge in [-0.25, -0.2) is 4.98 Å². The minimum Gasteiger partial charge on any atom is -0.441 e. The minimum absolute atomic E-state index is 0.131. The molecule has 27 heavy (non-hydrogen) atoms. The first-order valence-corrected chi connectivity index (χ1v) is 8.65. The molecule has 0 saturated carbocycles. The van der Waals surface area contributed by atoms with Gasteiger partial charge in [0.15, 0.2) is 11.5 Å². The molecule has 2 aromatic carbocycles. The molecule has 4 aromatic rings. The number of aryl methyl sites for hydroxylation is 2. The largest absolute Gasteiger partial charge is 0.441 e. The van der Waals surface area contributed by atoms with E-state index in [2.05, 4.69) is 20.4 Å². The Morgan fingerprint density at radius 2 is 1.93 bits per heavy atom. The number of carbonyl (C=O) groups excluding carboxylic acids is 1. The van der Waals surface area contributed by atoms with Gasteiger partial charge in [-0.3, -0.25) is 4.79 Å². The van der Waals surface area contributed by atoms with Crippen molar-refractivity contribution in [2.75, 3.05) is 5.32 Å². The maximum absolute atomic E-state index is 11.4. The maximum Gasteiger partial charge on any atom is 0.258 e. The van der Waals surface area contributed by atoms with Crippen LogP contribution >= 0.6 is 0 Å². The van der Waals surface area contributed by atoms with Gasteiger partial charge in [-0.05, 0) is 42.8 Å². The van der Waals surface area contributed by atoms with Crippen molar-refractivity contribution in [2.24, 2.45) is 0 Å². The molecule has 0 atom stereocenters. The van der Waals surface area contributed by atoms with Gasteiger partial charge in [0.25, 0.3) is 5.89 Å². The van der Waals surface area contributed by atoms with Gasteiger partial charge < -0.3 is 14.3 Å². The Morgan fingerprint density at radius 3 is 2.70 bits per heavy atom. The summed E-state index contributed by atoms with van der Waals surface area (Å²) in [5.74, 6) is 1.41. The fourth-order valence-electron chi connectivity index (χ4n) is 2.80. The molecule has 0 spiro atoms. The highest BCUT2D eigenvalue weighted by atomic mass is 16.5. The molecule has 2 heterocycles. The summed E-state index contributed by atoms with van der Waals surface area (Å²) >= 11 is 0. The predicted octanol–water partition coefficient (Wildman–Crippen LogP) is 4.37. The van der Waals surface area contributed by atoms with E-state index in [1.54, 1.807) is 0 Å². The topological polar surface area (TPSA) is 94.1 Å². The second-order valence-electron chi connectivity index (χ2n) is 6.28. The zero-order valence-corrected chi connectivity index (χ0v) is 15.2. The molecular formula is C20H18N4O3. The van der Waals surface area contributed by atoms with E-state index in [-0.39, 0.29) is 5.91 Å². The standard InChI is InChI=1S/C20H18N4O3/c1-4-18-22-16-9-13(7-8-17(16)26-18)19-23-20(27-24-19)14-6-5-11(2)15(10-14)21-12(3)25/h5-10H,4H2,1-3H3,(H,21,25). The molecule has 0 saturated heterocycles. The van der Waals surface area contributed by atoms with Crippen molar-refractivity contribution in [2.45, 2.75) is 27.2 Å². The van der Waals surface area contributed by atoms with E-state index in [1.165, 1.54) is 6.92 Å². The van der Waals surface area contributed by atoms with Crippen LogP contribution in [0, 0.1) is 6.92 Å². The zero-order chi connectivity index (χ0) is 19.0. The highest BCUT2D eigenvalue weighted by Crippen LogP contribution is 2.28. The summed E-state index contributed by atoms with van der Waals surface area (Å²) in [7, 11) is 0. The minimum atomic E-state index is -0.131. The summed E-state index contributed by atoms with van der Waals surface area (Å²) in [4.78, 5) is 20.3. The van der Waals surface area contributed by atoms with Crippen LogP contribution in [0.4, 0.5) is 5.69 Å². The molecule has 0 unspecified atom stereocenters. The quantitative estimate of drug-likeness (QED) is 0.579. The van der Waals surface area contributed by atoms with E-state index in [1.807, 2.05) is 50.2 Å². The average Bonchev–Trinajstić information content (AvgIpc) is 3.29. The molecule has 7 heteroatoms. The third kappa shape index (κ3) is 3.31. The van der Waals surface area contributed by atoms with Crippen LogP contribution in [0.5, 0.6) is 0 Å². The molecule has 0 aliphatic heterocycles. The van der Waals surface area contributed by atoms with E-state index in [0.29, 0.717) is 17.6 Å². The number of fused-ring (bicyclic) bond motifs is 1. The van der Waals surface area contributed by atoms with Crippen LogP contribution in [-0.2, 0) is 11.2 Å². The lowest BCUT2D eigenvalue weighted by Gasteiger charge is -2.07. The van der Waals surface area contributed by atoms with Crippen molar-refractivity contribution < 1.29 is 13.7 Å². The number of nitrogens with one attached hydrogen (secondary N) is 1. The number of oxazole rings is 1. The first-order valence-electron chi connectivity index (χ1n) is 8.65. The van der Waals surface area contributed by atoms with Gasteiger partial charge in [0.2, 0.25) is 11.7 Å². The highest BCUT2D eigenvalue weighted by Gasteiger charge is 2.14. The van der Waals surface area contributed by atoms with Crippen LogP contribution in [0.15, 0.2) is 45.3 Å². The second-order valence-corrected chi connectivity index (χ2v) is 6.28. The molecule has 0 aliphatic rings. The number of aromatic nitrogens is 3. The predicted molar refractivity (Wildman–Crippen MR) is 101 cm³/mol. The molecule has 1 N–H and O–H groups in total. The van der Waals surface area contributed by atoms with Crippen LogP contribution in [0.25, 0.3) is 33.9 Å². The molecule has 4 rings (SSSR count). The molecule has 0 radical (unpaired) electrons. The van der Waals surface area contributed by atoms with Gasteiger partial charge in [0, 0.05) is 30.2 Å². The SMILES string of the molecule is CCc1nc2cc(-c3noc(-c4ccc(C)c(NC(C)=O)c4)n3)ccc2o1. The van der Waals surface area contributed by atoms with Crippen molar-refractivity contribution in [3.63, 3.8) is 0 Å². The number of hydrogen-bond acceptors (Lipinski definition) is 6. The summed E-state index contributed by atoms with van der Waals surface area (Å²) in [5, 5.41) is 6.88. The molecule has 1 amide bonds. The summed E-state index contributed by atoms with van der Waals surface area (Å²) in [6.45, 7) is 5.39. The van der Waals surface area contributed by atoms with Crippen LogP contribution in [0.2, 0.25) is 0 Å². The summed E-state index contributed by atoms with van der Waals surface area (Å²) in [6.07, 6.45) is 0.737. The zero-order valence-electron chi connectivity index (χ0n) is 15.2. The lowest BCUT2D eigenvalue weighted by atomic mass is 10.1. The van der Waals surface area contributed by atoms with Gasteiger partial charge in [-0.15, -0.1) is 0 Å². The first-order chi connectivity index (χ1) is 13.0. The fourth-order valence-corrected chi connectivity index (χ4v) is 2.80. The molecule has 2 aromatic heterocycles. The van der Waals surface area contributed by atoms with Crippen LogP contribution in [0.3, 0.4) is 0 Å². The highest BCUT2D eigenvalue weighted by molar-refractivity contribution is 5.90. The molecule has 0 aliphatic carbocycles. The van der Waals surface area contributed by atoms with Crippen LogP contribution in [0.1, 0.15) is 25.3 Å². The van der Waals surface area contributed by atoms with E-state index in [4.69, 9.17) is 8.94 Å². The summed E-state index contributed by atoms with van der Waals surface area (Å²) in [5.41, 5.74) is 4.70. The first kappa shape index (κ1) is 17.0. The van der Waals surface area contributed by atoms with E-state index < -0.39 is 0 Å². The van der Waals surface area contributed by atoms with Crippen molar-refractivity contribution in [3.05, 3.63) is 47.9 Å². The Labute approximate surface area is 155 Å². The molecule has 0 fully saturated rings. The fraction of sp³-hybridized carbons (Fsp3) is 0.200. The van der Waals surface area contributed by atoms with Gasteiger partial charge in [0.1, 0.15) is 5.52 Å². The lowest BCUT2D eigenvalue weighted by molar-refractivity contribution is -0.114. The number of anilines is 1. The van der Waals surface area contributed by atoms with E-state index >= 15 is 0 Å². The Hall–Kier alpha value is -3.48. The number of benzene rings is 2. The van der Waals surface area contributed by atoms with Crippen LogP contribution < -0.4 is 5.32 Å². The normalized spacial score (nSPS) is 11.1. The third-order valence-electron chi connectivity index (χ3n) is 4.21. The Bertz CT molecular complexity index is 1140. The summed E-state index contributed by atoms with van der Waals surface area (Å²) in [6, 6.07) is 11.2. The average molecular weight is 362 g/mol. The van der Waals surface area contributed by atoms with Gasteiger partial charge >= 0.3 is 0 Å². The van der Waals surface area contributed by atoms with Gasteiger partial charge in [-0.1, -0.05) is 18.1 Å². The van der Waals surface area contributed by atoms with Crippen molar-refractivity contribution in [3.8, 4) is 22.8 Å². The number of rotatable bonds is 4. The Balaban J connectivity index is 1.68. The lowest BCUT2D eigenvalue weighted by Crippen LogP contribution is -2.07. The monoisotopic (exact) mass is 362 g/mol. The van der Waals surface area contributed by atoms with E-state index in [9.17, 15) is 4.79 Å². The van der Waals surface area contributed by atoms with Gasteiger partial charge in [-0.2, -0.15) is 4.98 Å². The third-order valence-corrected chi connectivity index (χ3v) is 4.21. The van der Waals surface area contributed by atoms with Crippen LogP contribution in [-0.4, -0.2) is 21.0 Å². The number of nitrogens with zero attached hydrogens (tertiary/aromatic N) is 3. The Morgan fingerprint density at radius 1 is 1.11 bits per heavy atom. The van der Waals surface area contributed by atoms with E-state index in [0.717, 1.165) is 39.9 Å². The molecule has 7 nitrogen and oxygen atoms in total.